The molecule has 34 heavy (non-hydrogen) atoms. The molecule has 2 N–H and O–H groups in total. The van der Waals surface area contributed by atoms with E-state index in [0.717, 1.165) is 5.56 Å². The first-order chi connectivity index (χ1) is 16.4. The van der Waals surface area contributed by atoms with Gasteiger partial charge in [-0.2, -0.15) is 0 Å². The summed E-state index contributed by atoms with van der Waals surface area (Å²) in [6, 6.07) is 14.2. The van der Waals surface area contributed by atoms with Crippen LogP contribution in [0.5, 0.6) is 11.5 Å². The summed E-state index contributed by atoms with van der Waals surface area (Å²) in [6.07, 6.45) is 1.38. The Hall–Kier alpha value is -3.55. The minimum atomic E-state index is -0.588. The second kappa shape index (κ2) is 10.6. The van der Waals surface area contributed by atoms with Crippen LogP contribution >= 0.6 is 0 Å². The summed E-state index contributed by atoms with van der Waals surface area (Å²) < 4.78 is 10.7. The number of amides is 3. The fourth-order valence-corrected chi connectivity index (χ4v) is 4.30. The standard InChI is InChI=1S/C26H31N3O5/c1-17(2)24(28-23(30)14-18-6-4-3-5-7-18)26(32)29-12-10-19(11-13-29)25(31)27-20-8-9-21-22(15-20)34-16-33-21/h3-9,15,17,19,24H,10-14,16H2,1-2H3,(H,27,31)(H,28,30)/t24-/m0/s1. The number of fused-ring (bicyclic) bond motifs is 1. The molecule has 4 rings (SSSR count). The highest BCUT2D eigenvalue weighted by atomic mass is 16.7. The molecule has 2 aromatic carbocycles. The quantitative estimate of drug-likeness (QED) is 0.655. The van der Waals surface area contributed by atoms with Crippen molar-refractivity contribution in [3.8, 4) is 11.5 Å². The molecule has 8 nitrogen and oxygen atoms in total. The van der Waals surface area contributed by atoms with E-state index in [-0.39, 0.29) is 42.8 Å². The minimum Gasteiger partial charge on any atom is -0.454 e. The van der Waals surface area contributed by atoms with Crippen LogP contribution in [0.3, 0.4) is 0 Å². The number of hydrogen-bond acceptors (Lipinski definition) is 5. The molecule has 3 amide bonds. The Bertz CT molecular complexity index is 1030. The van der Waals surface area contributed by atoms with E-state index >= 15 is 0 Å². The maximum atomic E-state index is 13.2. The third kappa shape index (κ3) is 5.68. The molecule has 0 unspecified atom stereocenters. The number of benzene rings is 2. The third-order valence-electron chi connectivity index (χ3n) is 6.27. The van der Waals surface area contributed by atoms with Gasteiger partial charge in [0, 0.05) is 30.8 Å². The molecular formula is C26H31N3O5. The maximum absolute atomic E-state index is 13.2. The van der Waals surface area contributed by atoms with E-state index in [1.807, 2.05) is 44.2 Å². The number of piperidine rings is 1. The molecule has 2 aliphatic rings. The lowest BCUT2D eigenvalue weighted by atomic mass is 9.94. The van der Waals surface area contributed by atoms with Gasteiger partial charge in [0.2, 0.25) is 24.5 Å². The van der Waals surface area contributed by atoms with Crippen LogP contribution in [0, 0.1) is 11.8 Å². The van der Waals surface area contributed by atoms with Gasteiger partial charge >= 0.3 is 0 Å². The fourth-order valence-electron chi connectivity index (χ4n) is 4.30. The molecule has 0 saturated carbocycles. The predicted molar refractivity (Wildman–Crippen MR) is 127 cm³/mol. The second-order valence-corrected chi connectivity index (χ2v) is 9.11. The van der Waals surface area contributed by atoms with Crippen LogP contribution in [0.25, 0.3) is 0 Å². The summed E-state index contributed by atoms with van der Waals surface area (Å²) in [5.74, 6) is 0.733. The Labute approximate surface area is 199 Å². The van der Waals surface area contributed by atoms with Crippen LogP contribution in [-0.4, -0.2) is 48.5 Å². The summed E-state index contributed by atoms with van der Waals surface area (Å²) >= 11 is 0. The normalized spacial score (nSPS) is 16.3. The smallest absolute Gasteiger partial charge is 0.245 e. The number of carbonyl (C=O) groups is 3. The molecule has 8 heteroatoms. The van der Waals surface area contributed by atoms with E-state index in [9.17, 15) is 14.4 Å². The molecule has 0 spiro atoms. The zero-order valence-electron chi connectivity index (χ0n) is 19.6. The van der Waals surface area contributed by atoms with E-state index < -0.39 is 6.04 Å². The van der Waals surface area contributed by atoms with Crippen molar-refractivity contribution in [3.63, 3.8) is 0 Å². The second-order valence-electron chi connectivity index (χ2n) is 9.11. The van der Waals surface area contributed by atoms with E-state index in [0.29, 0.717) is 43.1 Å². The Balaban J connectivity index is 1.28. The Morgan fingerprint density at radius 1 is 1.00 bits per heavy atom. The monoisotopic (exact) mass is 465 g/mol. The summed E-state index contributed by atoms with van der Waals surface area (Å²) in [5.41, 5.74) is 1.57. The van der Waals surface area contributed by atoms with Gasteiger partial charge in [-0.25, -0.2) is 0 Å². The molecule has 1 saturated heterocycles. The molecular weight excluding hydrogens is 434 g/mol. The lowest BCUT2D eigenvalue weighted by Gasteiger charge is -2.35. The number of rotatable bonds is 7. The third-order valence-corrected chi connectivity index (χ3v) is 6.27. The van der Waals surface area contributed by atoms with Crippen LogP contribution in [0.2, 0.25) is 0 Å². The first-order valence-electron chi connectivity index (χ1n) is 11.7. The zero-order valence-corrected chi connectivity index (χ0v) is 19.6. The molecule has 2 aliphatic heterocycles. The number of hydrogen-bond donors (Lipinski definition) is 2. The summed E-state index contributed by atoms with van der Waals surface area (Å²) in [4.78, 5) is 40.3. The molecule has 0 bridgehead atoms. The van der Waals surface area contributed by atoms with Gasteiger partial charge in [0.05, 0.1) is 6.42 Å². The van der Waals surface area contributed by atoms with Gasteiger partial charge in [0.1, 0.15) is 6.04 Å². The Kier molecular flexibility index (Phi) is 7.35. The number of nitrogens with zero attached hydrogens (tertiary/aromatic N) is 1. The van der Waals surface area contributed by atoms with Crippen LogP contribution in [-0.2, 0) is 20.8 Å². The number of likely N-dealkylation sites (tertiary alicyclic amines) is 1. The summed E-state index contributed by atoms with van der Waals surface area (Å²) in [5, 5.41) is 5.86. The van der Waals surface area contributed by atoms with E-state index in [4.69, 9.17) is 9.47 Å². The SMILES string of the molecule is CC(C)[C@H](NC(=O)Cc1ccccc1)C(=O)N1CCC(C(=O)Nc2ccc3c(c2)OCO3)CC1. The molecule has 0 aromatic heterocycles. The van der Waals surface area contributed by atoms with Crippen molar-refractivity contribution < 1.29 is 23.9 Å². The molecule has 2 heterocycles. The van der Waals surface area contributed by atoms with Crippen molar-refractivity contribution in [2.45, 2.75) is 39.2 Å². The maximum Gasteiger partial charge on any atom is 0.245 e. The van der Waals surface area contributed by atoms with Gasteiger partial charge in [-0.3, -0.25) is 14.4 Å². The van der Waals surface area contributed by atoms with E-state index in [2.05, 4.69) is 10.6 Å². The lowest BCUT2D eigenvalue weighted by Crippen LogP contribution is -2.53. The molecule has 1 fully saturated rings. The summed E-state index contributed by atoms with van der Waals surface area (Å²) in [6.45, 7) is 5.00. The van der Waals surface area contributed by atoms with Crippen LogP contribution in [0.4, 0.5) is 5.69 Å². The van der Waals surface area contributed by atoms with Crippen molar-refractivity contribution in [2.75, 3.05) is 25.2 Å². The van der Waals surface area contributed by atoms with Crippen LogP contribution in [0.15, 0.2) is 48.5 Å². The molecule has 180 valence electrons. The highest BCUT2D eigenvalue weighted by Gasteiger charge is 2.33. The van der Waals surface area contributed by atoms with Crippen molar-refractivity contribution in [3.05, 3.63) is 54.1 Å². The molecule has 0 radical (unpaired) electrons. The lowest BCUT2D eigenvalue weighted by molar-refractivity contribution is -0.139. The number of nitrogens with one attached hydrogen (secondary N) is 2. The molecule has 2 aromatic rings. The first kappa shape index (κ1) is 23.6. The summed E-state index contributed by atoms with van der Waals surface area (Å²) in [7, 11) is 0. The Morgan fingerprint density at radius 2 is 1.71 bits per heavy atom. The number of ether oxygens (including phenoxy) is 2. The van der Waals surface area contributed by atoms with Crippen LogP contribution < -0.4 is 20.1 Å². The topological polar surface area (TPSA) is 97.0 Å². The van der Waals surface area contributed by atoms with Crippen molar-refractivity contribution in [1.82, 2.24) is 10.2 Å². The van der Waals surface area contributed by atoms with Gasteiger partial charge < -0.3 is 25.0 Å². The van der Waals surface area contributed by atoms with Gasteiger partial charge in [-0.1, -0.05) is 44.2 Å². The first-order valence-corrected chi connectivity index (χ1v) is 11.7. The predicted octanol–water partition coefficient (Wildman–Crippen LogP) is 2.98. The largest absolute Gasteiger partial charge is 0.454 e. The zero-order chi connectivity index (χ0) is 24.1. The highest BCUT2D eigenvalue weighted by Crippen LogP contribution is 2.34. The Morgan fingerprint density at radius 3 is 2.41 bits per heavy atom. The van der Waals surface area contributed by atoms with Gasteiger partial charge in [0.15, 0.2) is 11.5 Å². The van der Waals surface area contributed by atoms with Crippen molar-refractivity contribution in [1.29, 1.82) is 0 Å². The van der Waals surface area contributed by atoms with E-state index in [1.165, 1.54) is 0 Å². The minimum absolute atomic E-state index is 0.0424. The average Bonchev–Trinajstić information content (AvgIpc) is 3.30. The van der Waals surface area contributed by atoms with E-state index in [1.54, 1.807) is 23.1 Å². The van der Waals surface area contributed by atoms with Crippen molar-refractivity contribution in [2.24, 2.45) is 11.8 Å². The van der Waals surface area contributed by atoms with Gasteiger partial charge in [-0.05, 0) is 36.5 Å². The van der Waals surface area contributed by atoms with Gasteiger partial charge in [0.25, 0.3) is 0 Å². The van der Waals surface area contributed by atoms with Crippen molar-refractivity contribution >= 4 is 23.4 Å². The average molecular weight is 466 g/mol. The molecule has 1 atom stereocenters. The molecule has 0 aliphatic carbocycles. The van der Waals surface area contributed by atoms with Gasteiger partial charge in [-0.15, -0.1) is 0 Å². The fraction of sp³-hybridized carbons (Fsp3) is 0.423. The number of carbonyl (C=O) groups excluding carboxylic acids is 3. The highest BCUT2D eigenvalue weighted by molar-refractivity contribution is 5.93. The van der Waals surface area contributed by atoms with Crippen LogP contribution in [0.1, 0.15) is 32.3 Å². The number of anilines is 1.